The molecule has 1 amide bonds. The van der Waals surface area contributed by atoms with Crippen LogP contribution in [0.5, 0.6) is 0 Å². The van der Waals surface area contributed by atoms with Crippen molar-refractivity contribution in [2.75, 3.05) is 14.1 Å². The first-order valence-corrected chi connectivity index (χ1v) is 8.88. The van der Waals surface area contributed by atoms with Gasteiger partial charge in [-0.25, -0.2) is 12.7 Å². The zero-order chi connectivity index (χ0) is 14.8. The Labute approximate surface area is 125 Å². The second-order valence-corrected chi connectivity index (χ2v) is 8.66. The SMILES string of the molecule is CN(C)S(=O)(=O)c1ccc(CNC(=O)c2cccs2)s1. The molecular formula is C12H14N2O3S3. The predicted octanol–water partition coefficient (Wildman–Crippen LogP) is 1.99. The van der Waals surface area contributed by atoms with Crippen molar-refractivity contribution in [3.63, 3.8) is 0 Å². The van der Waals surface area contributed by atoms with Crippen LogP contribution in [0.4, 0.5) is 0 Å². The molecule has 0 radical (unpaired) electrons. The van der Waals surface area contributed by atoms with Crippen LogP contribution in [0.1, 0.15) is 14.5 Å². The van der Waals surface area contributed by atoms with E-state index in [0.29, 0.717) is 11.4 Å². The molecule has 0 aliphatic rings. The summed E-state index contributed by atoms with van der Waals surface area (Å²) >= 11 is 2.53. The van der Waals surface area contributed by atoms with Crippen LogP contribution in [0.3, 0.4) is 0 Å². The maximum absolute atomic E-state index is 11.9. The molecular weight excluding hydrogens is 316 g/mol. The molecule has 0 fully saturated rings. The first kappa shape index (κ1) is 15.2. The van der Waals surface area contributed by atoms with Gasteiger partial charge < -0.3 is 5.32 Å². The summed E-state index contributed by atoms with van der Waals surface area (Å²) in [6, 6.07) is 6.84. The van der Waals surface area contributed by atoms with Crippen LogP contribution >= 0.6 is 22.7 Å². The Morgan fingerprint density at radius 2 is 2.05 bits per heavy atom. The van der Waals surface area contributed by atoms with E-state index in [4.69, 9.17) is 0 Å². The highest BCUT2D eigenvalue weighted by molar-refractivity contribution is 7.91. The van der Waals surface area contributed by atoms with E-state index in [1.54, 1.807) is 18.2 Å². The van der Waals surface area contributed by atoms with E-state index in [0.717, 1.165) is 4.88 Å². The lowest BCUT2D eigenvalue weighted by Crippen LogP contribution is -2.21. The summed E-state index contributed by atoms with van der Waals surface area (Å²) in [5.74, 6) is -0.148. The second-order valence-electron chi connectivity index (χ2n) is 4.17. The lowest BCUT2D eigenvalue weighted by Gasteiger charge is -2.08. The molecule has 5 nitrogen and oxygen atoms in total. The minimum Gasteiger partial charge on any atom is -0.346 e. The summed E-state index contributed by atoms with van der Waals surface area (Å²) in [6.45, 7) is 0.324. The van der Waals surface area contributed by atoms with E-state index in [9.17, 15) is 13.2 Å². The molecule has 2 aromatic heterocycles. The van der Waals surface area contributed by atoms with Gasteiger partial charge in [-0.05, 0) is 23.6 Å². The van der Waals surface area contributed by atoms with Crippen molar-refractivity contribution < 1.29 is 13.2 Å². The molecule has 0 aliphatic heterocycles. The fourth-order valence-corrected chi connectivity index (χ4v) is 4.54. The van der Waals surface area contributed by atoms with Gasteiger partial charge in [0.05, 0.1) is 11.4 Å². The third-order valence-electron chi connectivity index (χ3n) is 2.54. The number of amides is 1. The summed E-state index contributed by atoms with van der Waals surface area (Å²) in [6.07, 6.45) is 0. The molecule has 2 rings (SSSR count). The second kappa shape index (κ2) is 6.04. The normalized spacial score (nSPS) is 11.8. The molecule has 1 N–H and O–H groups in total. The lowest BCUT2D eigenvalue weighted by molar-refractivity contribution is 0.0955. The molecule has 0 unspecified atom stereocenters. The van der Waals surface area contributed by atoms with Crippen LogP contribution < -0.4 is 5.32 Å². The van der Waals surface area contributed by atoms with Gasteiger partial charge in [0.15, 0.2) is 0 Å². The number of carbonyl (C=O) groups excluding carboxylic acids is 1. The number of nitrogens with one attached hydrogen (secondary N) is 1. The van der Waals surface area contributed by atoms with Gasteiger partial charge in [-0.15, -0.1) is 22.7 Å². The third kappa shape index (κ3) is 3.26. The zero-order valence-corrected chi connectivity index (χ0v) is 13.4. The highest BCUT2D eigenvalue weighted by atomic mass is 32.2. The van der Waals surface area contributed by atoms with E-state index < -0.39 is 10.0 Å². The first-order valence-electron chi connectivity index (χ1n) is 5.74. The van der Waals surface area contributed by atoms with Gasteiger partial charge in [0.1, 0.15) is 4.21 Å². The van der Waals surface area contributed by atoms with Crippen molar-refractivity contribution in [1.82, 2.24) is 9.62 Å². The monoisotopic (exact) mass is 330 g/mol. The topological polar surface area (TPSA) is 66.5 Å². The summed E-state index contributed by atoms with van der Waals surface area (Å²) in [5, 5.41) is 4.60. The van der Waals surface area contributed by atoms with E-state index >= 15 is 0 Å². The van der Waals surface area contributed by atoms with Gasteiger partial charge in [-0.2, -0.15) is 0 Å². The molecule has 0 aromatic carbocycles. The van der Waals surface area contributed by atoms with Crippen molar-refractivity contribution in [1.29, 1.82) is 0 Å². The van der Waals surface area contributed by atoms with E-state index in [1.807, 2.05) is 11.4 Å². The number of rotatable bonds is 5. The Kier molecular flexibility index (Phi) is 4.59. The number of sulfonamides is 1. The van der Waals surface area contributed by atoms with E-state index in [1.165, 1.54) is 41.1 Å². The molecule has 0 atom stereocenters. The molecule has 0 saturated carbocycles. The van der Waals surface area contributed by atoms with Crippen molar-refractivity contribution in [2.45, 2.75) is 10.8 Å². The van der Waals surface area contributed by atoms with Crippen molar-refractivity contribution in [2.24, 2.45) is 0 Å². The average Bonchev–Trinajstić information content (AvgIpc) is 3.07. The van der Waals surface area contributed by atoms with Gasteiger partial charge in [0, 0.05) is 19.0 Å². The van der Waals surface area contributed by atoms with Crippen LogP contribution in [0.2, 0.25) is 0 Å². The predicted molar refractivity (Wildman–Crippen MR) is 80.7 cm³/mol. The van der Waals surface area contributed by atoms with Gasteiger partial charge in [-0.1, -0.05) is 6.07 Å². The summed E-state index contributed by atoms with van der Waals surface area (Å²) in [5.41, 5.74) is 0. The molecule has 0 bridgehead atoms. The lowest BCUT2D eigenvalue weighted by atomic mass is 10.4. The van der Waals surface area contributed by atoms with Gasteiger partial charge in [0.2, 0.25) is 0 Å². The van der Waals surface area contributed by atoms with Crippen molar-refractivity contribution >= 4 is 38.6 Å². The summed E-state index contributed by atoms with van der Waals surface area (Å²) in [4.78, 5) is 13.2. The van der Waals surface area contributed by atoms with Crippen LogP contribution in [0, 0.1) is 0 Å². The van der Waals surface area contributed by atoms with Crippen molar-refractivity contribution in [3.8, 4) is 0 Å². The van der Waals surface area contributed by atoms with Gasteiger partial charge in [0.25, 0.3) is 15.9 Å². The standard InChI is InChI=1S/C12H14N2O3S3/c1-14(2)20(16,17)11-6-5-9(19-11)8-13-12(15)10-4-3-7-18-10/h3-7H,8H2,1-2H3,(H,13,15). The third-order valence-corrected chi connectivity index (χ3v) is 6.78. The summed E-state index contributed by atoms with van der Waals surface area (Å²) in [7, 11) is -0.410. The minimum atomic E-state index is -3.40. The smallest absolute Gasteiger partial charge is 0.261 e. The Morgan fingerprint density at radius 3 is 2.65 bits per heavy atom. The number of nitrogens with zero attached hydrogens (tertiary/aromatic N) is 1. The van der Waals surface area contributed by atoms with Crippen LogP contribution in [-0.4, -0.2) is 32.7 Å². The maximum Gasteiger partial charge on any atom is 0.261 e. The number of hydrogen-bond acceptors (Lipinski definition) is 5. The highest BCUT2D eigenvalue weighted by Crippen LogP contribution is 2.23. The molecule has 0 spiro atoms. The van der Waals surface area contributed by atoms with Crippen molar-refractivity contribution in [3.05, 3.63) is 39.4 Å². The average molecular weight is 330 g/mol. The molecule has 20 heavy (non-hydrogen) atoms. The maximum atomic E-state index is 11.9. The van der Waals surface area contributed by atoms with Crippen LogP contribution in [0.15, 0.2) is 33.9 Å². The molecule has 0 aliphatic carbocycles. The van der Waals surface area contributed by atoms with E-state index in [2.05, 4.69) is 5.32 Å². The quantitative estimate of drug-likeness (QED) is 0.912. The van der Waals surface area contributed by atoms with Gasteiger partial charge >= 0.3 is 0 Å². The zero-order valence-electron chi connectivity index (χ0n) is 11.0. The Hall–Kier alpha value is -1.22. The molecule has 0 saturated heterocycles. The van der Waals surface area contributed by atoms with Gasteiger partial charge in [-0.3, -0.25) is 4.79 Å². The Morgan fingerprint density at radius 1 is 1.30 bits per heavy atom. The number of hydrogen-bond donors (Lipinski definition) is 1. The minimum absolute atomic E-state index is 0.148. The fraction of sp³-hybridized carbons (Fsp3) is 0.250. The molecule has 108 valence electrons. The van der Waals surface area contributed by atoms with Crippen LogP contribution in [0.25, 0.3) is 0 Å². The molecule has 2 heterocycles. The van der Waals surface area contributed by atoms with E-state index in [-0.39, 0.29) is 10.1 Å². The number of carbonyl (C=O) groups is 1. The Bertz CT molecular complexity index is 687. The molecule has 2 aromatic rings. The number of thiophene rings is 2. The Balaban J connectivity index is 2.02. The first-order chi connectivity index (χ1) is 9.41. The fourth-order valence-electron chi connectivity index (χ4n) is 1.43. The largest absolute Gasteiger partial charge is 0.346 e. The highest BCUT2D eigenvalue weighted by Gasteiger charge is 2.19. The summed E-state index contributed by atoms with van der Waals surface area (Å²) < 4.78 is 25.3. The molecule has 8 heteroatoms. The van der Waals surface area contributed by atoms with Crippen LogP contribution in [-0.2, 0) is 16.6 Å².